The first-order valence-electron chi connectivity index (χ1n) is 14.5. The van der Waals surface area contributed by atoms with Gasteiger partial charge in [0.25, 0.3) is 10.0 Å². The molecule has 4 aromatic rings. The van der Waals surface area contributed by atoms with Crippen LogP contribution in [0.5, 0.6) is 11.5 Å². The summed E-state index contributed by atoms with van der Waals surface area (Å²) in [5.41, 5.74) is 0.910. The van der Waals surface area contributed by atoms with E-state index in [1.165, 1.54) is 17.0 Å². The number of halogens is 1. The summed E-state index contributed by atoms with van der Waals surface area (Å²) in [7, 11) is -4.18. The van der Waals surface area contributed by atoms with Crippen molar-refractivity contribution in [2.24, 2.45) is 0 Å². The Hall–Kier alpha value is -4.34. The Balaban J connectivity index is 1.71. The highest BCUT2D eigenvalue weighted by molar-refractivity contribution is 7.92. The predicted molar refractivity (Wildman–Crippen MR) is 173 cm³/mol. The van der Waals surface area contributed by atoms with Gasteiger partial charge in [-0.05, 0) is 73.0 Å². The molecule has 0 aliphatic carbocycles. The van der Waals surface area contributed by atoms with Gasteiger partial charge in [-0.3, -0.25) is 13.9 Å². The summed E-state index contributed by atoms with van der Waals surface area (Å²) in [6.45, 7) is 3.69. The molecule has 0 radical (unpaired) electrons. The first kappa shape index (κ1) is 32.6. The van der Waals surface area contributed by atoms with Crippen LogP contribution in [0.2, 0.25) is 5.02 Å². The summed E-state index contributed by atoms with van der Waals surface area (Å²) in [5, 5.41) is 3.32. The fourth-order valence-electron chi connectivity index (χ4n) is 4.65. The molecule has 0 aliphatic rings. The zero-order valence-electron chi connectivity index (χ0n) is 24.7. The van der Waals surface area contributed by atoms with Gasteiger partial charge in [-0.25, -0.2) is 8.42 Å². The van der Waals surface area contributed by atoms with Gasteiger partial charge in [0.05, 0.1) is 10.6 Å². The van der Waals surface area contributed by atoms with Crippen molar-refractivity contribution >= 4 is 39.1 Å². The van der Waals surface area contributed by atoms with Crippen LogP contribution >= 0.6 is 11.6 Å². The zero-order valence-corrected chi connectivity index (χ0v) is 26.3. The van der Waals surface area contributed by atoms with E-state index < -0.39 is 28.5 Å². The molecule has 1 unspecified atom stereocenters. The number of hydrogen-bond donors (Lipinski definition) is 1. The lowest BCUT2D eigenvalue weighted by atomic mass is 10.1. The second kappa shape index (κ2) is 15.4. The van der Waals surface area contributed by atoms with Gasteiger partial charge in [0.2, 0.25) is 11.8 Å². The molecule has 0 saturated carbocycles. The highest BCUT2D eigenvalue weighted by atomic mass is 35.5. The zero-order chi connectivity index (χ0) is 31.5. The minimum absolute atomic E-state index is 0.0274. The lowest BCUT2D eigenvalue weighted by Crippen LogP contribution is -2.52. The average molecular weight is 634 g/mol. The van der Waals surface area contributed by atoms with E-state index in [1.807, 2.05) is 44.2 Å². The van der Waals surface area contributed by atoms with Gasteiger partial charge in [-0.2, -0.15) is 0 Å². The van der Waals surface area contributed by atoms with E-state index in [-0.39, 0.29) is 23.0 Å². The molecule has 0 heterocycles. The number of rotatable bonds is 14. The van der Waals surface area contributed by atoms with Crippen LogP contribution in [-0.4, -0.2) is 44.3 Å². The maximum atomic E-state index is 14.2. The summed E-state index contributed by atoms with van der Waals surface area (Å²) in [6, 6.07) is 29.8. The van der Waals surface area contributed by atoms with Crippen molar-refractivity contribution in [1.82, 2.24) is 10.2 Å². The largest absolute Gasteiger partial charge is 0.457 e. The fraction of sp³-hybridized carbons (Fsp3) is 0.235. The smallest absolute Gasteiger partial charge is 0.264 e. The molecule has 230 valence electrons. The van der Waals surface area contributed by atoms with Gasteiger partial charge < -0.3 is 15.0 Å². The Morgan fingerprint density at radius 1 is 0.818 bits per heavy atom. The summed E-state index contributed by atoms with van der Waals surface area (Å²) >= 11 is 6.45. The van der Waals surface area contributed by atoms with E-state index >= 15 is 0 Å². The minimum Gasteiger partial charge on any atom is -0.457 e. The van der Waals surface area contributed by atoms with Gasteiger partial charge in [0.15, 0.2) is 0 Å². The molecular weight excluding hydrogens is 598 g/mol. The Labute approximate surface area is 264 Å². The highest BCUT2D eigenvalue weighted by Crippen LogP contribution is 2.29. The number of nitrogens with zero attached hydrogens (tertiary/aromatic N) is 2. The topological polar surface area (TPSA) is 96.0 Å². The molecule has 4 aromatic carbocycles. The number of carbonyl (C=O) groups excluding carboxylic acids is 2. The molecule has 0 bridgehead atoms. The Morgan fingerprint density at radius 3 is 2.02 bits per heavy atom. The van der Waals surface area contributed by atoms with Crippen LogP contribution in [0.15, 0.2) is 114 Å². The number of sulfonamides is 1. The molecule has 0 aromatic heterocycles. The highest BCUT2D eigenvalue weighted by Gasteiger charge is 2.33. The quantitative estimate of drug-likeness (QED) is 0.168. The monoisotopic (exact) mass is 633 g/mol. The van der Waals surface area contributed by atoms with Crippen molar-refractivity contribution in [2.45, 2.75) is 44.2 Å². The number of para-hydroxylation sites is 1. The van der Waals surface area contributed by atoms with Crippen molar-refractivity contribution in [3.63, 3.8) is 0 Å². The number of benzene rings is 4. The van der Waals surface area contributed by atoms with Gasteiger partial charge >= 0.3 is 0 Å². The molecule has 0 aliphatic heterocycles. The molecule has 4 rings (SSSR count). The number of ether oxygens (including phenoxy) is 1. The number of nitrogens with one attached hydrogen (secondary N) is 1. The molecule has 8 nitrogen and oxygen atoms in total. The summed E-state index contributed by atoms with van der Waals surface area (Å²) in [5.74, 6) is 0.274. The van der Waals surface area contributed by atoms with Crippen molar-refractivity contribution in [3.05, 3.63) is 120 Å². The summed E-state index contributed by atoms with van der Waals surface area (Å²) in [6.07, 6.45) is 1.05. The third kappa shape index (κ3) is 8.18. The second-order valence-corrected chi connectivity index (χ2v) is 12.3. The number of hydrogen-bond acceptors (Lipinski definition) is 5. The van der Waals surface area contributed by atoms with Crippen molar-refractivity contribution in [1.29, 1.82) is 0 Å². The molecule has 2 amide bonds. The van der Waals surface area contributed by atoms with E-state index in [0.717, 1.165) is 10.7 Å². The van der Waals surface area contributed by atoms with Crippen LogP contribution in [0.4, 0.5) is 5.69 Å². The fourth-order valence-corrected chi connectivity index (χ4v) is 6.28. The predicted octanol–water partition coefficient (Wildman–Crippen LogP) is 6.66. The van der Waals surface area contributed by atoms with E-state index in [4.69, 9.17) is 16.3 Å². The molecule has 0 fully saturated rings. The molecule has 0 spiro atoms. The first-order chi connectivity index (χ1) is 21.2. The average Bonchev–Trinajstić information content (AvgIpc) is 3.04. The lowest BCUT2D eigenvalue weighted by molar-refractivity contribution is -0.140. The number of carbonyl (C=O) groups is 2. The minimum atomic E-state index is -4.18. The maximum Gasteiger partial charge on any atom is 0.264 e. The van der Waals surface area contributed by atoms with Crippen LogP contribution < -0.4 is 14.4 Å². The van der Waals surface area contributed by atoms with Crippen LogP contribution in [-0.2, 0) is 26.2 Å². The number of anilines is 1. The van der Waals surface area contributed by atoms with Crippen LogP contribution in [0.1, 0.15) is 32.3 Å². The third-order valence-electron chi connectivity index (χ3n) is 6.95. The number of amides is 2. The molecule has 10 heteroatoms. The van der Waals surface area contributed by atoms with Crippen molar-refractivity contribution < 1.29 is 22.7 Å². The lowest BCUT2D eigenvalue weighted by Gasteiger charge is -2.33. The Kier molecular flexibility index (Phi) is 11.4. The summed E-state index contributed by atoms with van der Waals surface area (Å²) in [4.78, 5) is 28.9. The molecular formula is C34H36ClN3O5S. The Morgan fingerprint density at radius 2 is 1.41 bits per heavy atom. The summed E-state index contributed by atoms with van der Waals surface area (Å²) < 4.78 is 35.0. The van der Waals surface area contributed by atoms with Crippen LogP contribution in [0.25, 0.3) is 0 Å². The SMILES string of the molecule is CCCNC(=O)C(CC)N(Cc1ccccc1Cl)C(=O)CN(c1ccc(Oc2ccccc2)cc1)S(=O)(=O)c1ccccc1. The van der Waals surface area contributed by atoms with E-state index in [9.17, 15) is 18.0 Å². The third-order valence-corrected chi connectivity index (χ3v) is 9.10. The molecule has 44 heavy (non-hydrogen) atoms. The van der Waals surface area contributed by atoms with Crippen LogP contribution in [0, 0.1) is 0 Å². The Bertz CT molecular complexity index is 1630. The van der Waals surface area contributed by atoms with Gasteiger partial charge in [0, 0.05) is 18.1 Å². The molecule has 1 N–H and O–H groups in total. The van der Waals surface area contributed by atoms with E-state index in [0.29, 0.717) is 35.1 Å². The van der Waals surface area contributed by atoms with Crippen molar-refractivity contribution in [3.8, 4) is 11.5 Å². The van der Waals surface area contributed by atoms with Crippen LogP contribution in [0.3, 0.4) is 0 Å². The van der Waals surface area contributed by atoms with Gasteiger partial charge in [0.1, 0.15) is 24.1 Å². The van der Waals surface area contributed by atoms with Gasteiger partial charge in [-0.1, -0.05) is 80.0 Å². The molecule has 0 saturated heterocycles. The second-order valence-electron chi connectivity index (χ2n) is 10.1. The normalized spacial score (nSPS) is 11.8. The molecule has 1 atom stereocenters. The standard InChI is InChI=1S/C34H36ClN3O5S/c1-3-23-36-34(40)32(4-2)37(24-26-13-11-12-18-31(26)35)33(39)25-38(44(41,42)30-16-9-6-10-17-30)27-19-21-29(22-20-27)43-28-14-7-5-8-15-28/h5-22,32H,3-4,23-25H2,1-2H3,(H,36,40). The first-order valence-corrected chi connectivity index (χ1v) is 16.3. The van der Waals surface area contributed by atoms with E-state index in [2.05, 4.69) is 5.32 Å². The van der Waals surface area contributed by atoms with Gasteiger partial charge in [-0.15, -0.1) is 0 Å². The maximum absolute atomic E-state index is 14.2. The van der Waals surface area contributed by atoms with E-state index in [1.54, 1.807) is 66.7 Å². The van der Waals surface area contributed by atoms with Crippen molar-refractivity contribution in [2.75, 3.05) is 17.4 Å².